The molecule has 6 N–H and O–H groups in total. The first-order valence-corrected chi connectivity index (χ1v) is 8.03. The summed E-state index contributed by atoms with van der Waals surface area (Å²) < 4.78 is 7.00. The first-order valence-electron chi connectivity index (χ1n) is 8.03. The summed E-state index contributed by atoms with van der Waals surface area (Å²) in [6.45, 7) is -0.417. The van der Waals surface area contributed by atoms with Gasteiger partial charge in [-0.25, -0.2) is 4.98 Å². The highest BCUT2D eigenvalue weighted by atomic mass is 16.6. The van der Waals surface area contributed by atoms with Crippen LogP contribution in [0.25, 0.3) is 11.2 Å². The molecule has 2 aromatic heterocycles. The summed E-state index contributed by atoms with van der Waals surface area (Å²) in [4.78, 5) is 12.7. The van der Waals surface area contributed by atoms with Crippen LogP contribution in [-0.4, -0.2) is 59.8 Å². The van der Waals surface area contributed by atoms with Gasteiger partial charge < -0.3 is 31.1 Å². The minimum Gasteiger partial charge on any atom is -0.394 e. The van der Waals surface area contributed by atoms with Crippen LogP contribution in [0.5, 0.6) is 0 Å². The molecule has 1 fully saturated rings. The quantitative estimate of drug-likeness (QED) is 0.425. The monoisotopic (exact) mass is 358 g/mol. The number of hydrogen-bond donors (Lipinski definition) is 5. The van der Waals surface area contributed by atoms with E-state index in [1.54, 1.807) is 0 Å². The van der Waals surface area contributed by atoms with E-state index >= 15 is 0 Å². The molecule has 0 aliphatic carbocycles. The highest BCUT2D eigenvalue weighted by molar-refractivity contribution is 5.86. The molecule has 4 rings (SSSR count). The van der Waals surface area contributed by atoms with Gasteiger partial charge in [0.05, 0.1) is 12.9 Å². The van der Waals surface area contributed by atoms with Crippen molar-refractivity contribution in [2.75, 3.05) is 17.7 Å². The van der Waals surface area contributed by atoms with Crippen LogP contribution in [0.4, 0.5) is 17.5 Å². The van der Waals surface area contributed by atoms with Crippen molar-refractivity contribution in [1.82, 2.24) is 19.5 Å². The Morgan fingerprint density at radius 3 is 2.62 bits per heavy atom. The maximum atomic E-state index is 10.2. The molecule has 0 spiro atoms. The highest BCUT2D eigenvalue weighted by Gasteiger charge is 2.44. The number of nitrogen functional groups attached to an aromatic ring is 1. The number of anilines is 3. The maximum Gasteiger partial charge on any atom is 0.224 e. The molecule has 136 valence electrons. The molecule has 0 bridgehead atoms. The maximum absolute atomic E-state index is 10.2. The number of nitrogens with zero attached hydrogens (tertiary/aromatic N) is 4. The van der Waals surface area contributed by atoms with E-state index < -0.39 is 31.1 Å². The molecule has 0 radical (unpaired) electrons. The van der Waals surface area contributed by atoms with E-state index in [1.807, 2.05) is 30.3 Å². The number of fused-ring (bicyclic) bond motifs is 1. The molecule has 26 heavy (non-hydrogen) atoms. The molecule has 4 atom stereocenters. The standard InChI is InChI=1S/C16H18N6O4/c17-16-20-13(19-8-4-2-1-3-5-8)10-14(21-16)22(7-18-10)15-12(25)11(24)9(6-23)26-15/h1-5,7,9,11-12,15,23-25H,6H2,(H3,17,19,20,21)/t9-,11+,12+,15+/m0/s1. The number of hydrogen-bond acceptors (Lipinski definition) is 9. The molecular weight excluding hydrogens is 340 g/mol. The number of benzene rings is 1. The summed E-state index contributed by atoms with van der Waals surface area (Å²) in [5.41, 5.74) is 7.39. The smallest absolute Gasteiger partial charge is 0.224 e. The third kappa shape index (κ3) is 2.74. The third-order valence-electron chi connectivity index (χ3n) is 4.27. The van der Waals surface area contributed by atoms with Gasteiger partial charge in [-0.15, -0.1) is 0 Å². The Morgan fingerprint density at radius 2 is 1.92 bits per heavy atom. The van der Waals surface area contributed by atoms with Gasteiger partial charge in [0.2, 0.25) is 5.95 Å². The van der Waals surface area contributed by atoms with Crippen molar-refractivity contribution in [2.45, 2.75) is 24.5 Å². The van der Waals surface area contributed by atoms with Gasteiger partial charge >= 0.3 is 0 Å². The lowest BCUT2D eigenvalue weighted by atomic mass is 10.1. The van der Waals surface area contributed by atoms with Gasteiger partial charge in [-0.3, -0.25) is 4.57 Å². The Balaban J connectivity index is 1.75. The number of aromatic nitrogens is 4. The number of nitrogens with two attached hydrogens (primary N) is 1. The second-order valence-corrected chi connectivity index (χ2v) is 5.97. The second kappa shape index (κ2) is 6.50. The lowest BCUT2D eigenvalue weighted by molar-refractivity contribution is -0.0511. The van der Waals surface area contributed by atoms with E-state index in [0.29, 0.717) is 17.0 Å². The van der Waals surface area contributed by atoms with Crippen molar-refractivity contribution < 1.29 is 20.1 Å². The Morgan fingerprint density at radius 1 is 1.15 bits per heavy atom. The van der Waals surface area contributed by atoms with E-state index in [1.165, 1.54) is 10.9 Å². The van der Waals surface area contributed by atoms with Gasteiger partial charge in [0.1, 0.15) is 18.3 Å². The number of imidazole rings is 1. The summed E-state index contributed by atoms with van der Waals surface area (Å²) in [5, 5.41) is 32.6. The topological polar surface area (TPSA) is 152 Å². The van der Waals surface area contributed by atoms with E-state index in [4.69, 9.17) is 10.5 Å². The molecule has 10 nitrogen and oxygen atoms in total. The fourth-order valence-corrected chi connectivity index (χ4v) is 2.97. The molecule has 3 heterocycles. The van der Waals surface area contributed by atoms with Crippen LogP contribution in [0, 0.1) is 0 Å². The molecule has 10 heteroatoms. The van der Waals surface area contributed by atoms with Crippen LogP contribution in [0.1, 0.15) is 6.23 Å². The van der Waals surface area contributed by atoms with Crippen LogP contribution < -0.4 is 11.1 Å². The Hall–Kier alpha value is -2.79. The molecule has 0 unspecified atom stereocenters. The minimum atomic E-state index is -1.24. The van der Waals surface area contributed by atoms with Crippen molar-refractivity contribution in [3.8, 4) is 0 Å². The number of aliphatic hydroxyl groups is 3. The molecule has 1 aliphatic heterocycles. The van der Waals surface area contributed by atoms with E-state index in [0.717, 1.165) is 5.69 Å². The van der Waals surface area contributed by atoms with E-state index in [9.17, 15) is 15.3 Å². The molecule has 0 saturated carbocycles. The van der Waals surface area contributed by atoms with Crippen LogP contribution >= 0.6 is 0 Å². The number of para-hydroxylation sites is 1. The summed E-state index contributed by atoms with van der Waals surface area (Å²) in [7, 11) is 0. The number of aliphatic hydroxyl groups excluding tert-OH is 3. The van der Waals surface area contributed by atoms with Crippen LogP contribution in [0.2, 0.25) is 0 Å². The summed E-state index contributed by atoms with van der Waals surface area (Å²) >= 11 is 0. The van der Waals surface area contributed by atoms with Gasteiger partial charge in [-0.2, -0.15) is 9.97 Å². The molecule has 1 saturated heterocycles. The van der Waals surface area contributed by atoms with Crippen LogP contribution in [0.3, 0.4) is 0 Å². The highest BCUT2D eigenvalue weighted by Crippen LogP contribution is 2.33. The van der Waals surface area contributed by atoms with E-state index in [-0.39, 0.29) is 5.95 Å². The minimum absolute atomic E-state index is 0.0180. The second-order valence-electron chi connectivity index (χ2n) is 5.97. The number of ether oxygens (including phenoxy) is 1. The van der Waals surface area contributed by atoms with Crippen molar-refractivity contribution in [2.24, 2.45) is 0 Å². The van der Waals surface area contributed by atoms with Crippen molar-refractivity contribution in [3.63, 3.8) is 0 Å². The first-order chi connectivity index (χ1) is 12.6. The number of rotatable bonds is 4. The lowest BCUT2D eigenvalue weighted by Crippen LogP contribution is -2.33. The van der Waals surface area contributed by atoms with Crippen LogP contribution in [-0.2, 0) is 4.74 Å². The number of nitrogens with one attached hydrogen (secondary N) is 1. The van der Waals surface area contributed by atoms with Gasteiger partial charge in [0, 0.05) is 5.69 Å². The van der Waals surface area contributed by atoms with Gasteiger partial charge in [-0.05, 0) is 12.1 Å². The zero-order valence-corrected chi connectivity index (χ0v) is 13.6. The molecule has 1 aliphatic rings. The van der Waals surface area contributed by atoms with Crippen molar-refractivity contribution in [3.05, 3.63) is 36.7 Å². The molecular formula is C16H18N6O4. The molecule has 0 amide bonds. The van der Waals surface area contributed by atoms with Crippen molar-refractivity contribution in [1.29, 1.82) is 0 Å². The third-order valence-corrected chi connectivity index (χ3v) is 4.27. The largest absolute Gasteiger partial charge is 0.394 e. The van der Waals surface area contributed by atoms with Crippen molar-refractivity contribution >= 4 is 28.6 Å². The average Bonchev–Trinajstić information content (AvgIpc) is 3.17. The predicted molar refractivity (Wildman–Crippen MR) is 92.5 cm³/mol. The molecule has 3 aromatic rings. The molecule has 1 aromatic carbocycles. The summed E-state index contributed by atoms with van der Waals surface area (Å²) in [6, 6.07) is 9.38. The predicted octanol–water partition coefficient (Wildman–Crippen LogP) is -0.236. The first kappa shape index (κ1) is 16.7. The fourth-order valence-electron chi connectivity index (χ4n) is 2.97. The fraction of sp³-hybridized carbons (Fsp3) is 0.312. The van der Waals surface area contributed by atoms with Gasteiger partial charge in [0.15, 0.2) is 23.2 Å². The zero-order chi connectivity index (χ0) is 18.3. The van der Waals surface area contributed by atoms with Crippen LogP contribution in [0.15, 0.2) is 36.7 Å². The van der Waals surface area contributed by atoms with E-state index in [2.05, 4.69) is 20.3 Å². The van der Waals surface area contributed by atoms with Gasteiger partial charge in [0.25, 0.3) is 0 Å². The summed E-state index contributed by atoms with van der Waals surface area (Å²) in [5.74, 6) is 0.425. The van der Waals surface area contributed by atoms with Gasteiger partial charge in [-0.1, -0.05) is 18.2 Å². The Bertz CT molecular complexity index is 918. The average molecular weight is 358 g/mol. The Kier molecular flexibility index (Phi) is 4.17. The normalized spacial score (nSPS) is 25.7. The zero-order valence-electron chi connectivity index (χ0n) is 13.6. The lowest BCUT2D eigenvalue weighted by Gasteiger charge is -2.16. The summed E-state index contributed by atoms with van der Waals surface area (Å²) in [6.07, 6.45) is -2.88. The SMILES string of the molecule is Nc1nc(Nc2ccccc2)c2ncn([C@@H]3O[C@@H](CO)[C@@H](O)[C@H]3O)c2n1. The Labute approximate surface area is 147 Å².